The van der Waals surface area contributed by atoms with Gasteiger partial charge in [-0.3, -0.25) is 9.67 Å². The second kappa shape index (κ2) is 10.6. The minimum Gasteiger partial charge on any atom is -0.490 e. The number of furan rings is 1. The van der Waals surface area contributed by atoms with Crippen LogP contribution in [0.25, 0.3) is 0 Å². The third-order valence-corrected chi connectivity index (χ3v) is 4.87. The molecule has 2 N–H and O–H groups in total. The van der Waals surface area contributed by atoms with E-state index in [0.717, 1.165) is 42.3 Å². The Morgan fingerprint density at radius 3 is 2.90 bits per heavy atom. The zero-order chi connectivity index (χ0) is 21.3. The molecule has 31 heavy (non-hydrogen) atoms. The molecule has 1 aliphatic rings. The highest BCUT2D eigenvalue weighted by molar-refractivity contribution is 5.94. The molecular formula is C23H29N5O3. The van der Waals surface area contributed by atoms with E-state index in [0.29, 0.717) is 38.2 Å². The van der Waals surface area contributed by atoms with E-state index in [2.05, 4.69) is 22.7 Å². The van der Waals surface area contributed by atoms with E-state index < -0.39 is 0 Å². The fourth-order valence-electron chi connectivity index (χ4n) is 3.31. The average Bonchev–Trinajstić information content (AvgIpc) is 3.42. The molecular weight excluding hydrogens is 394 g/mol. The number of anilines is 1. The summed E-state index contributed by atoms with van der Waals surface area (Å²) in [5, 5.41) is 11.1. The SMILES string of the molecule is CC(CN=C(NCCc1ccco1)Nc1ccc2c(c1)OCCCO2)Cn1cccn1. The molecule has 0 fully saturated rings. The number of guanidine groups is 1. The molecule has 0 bridgehead atoms. The highest BCUT2D eigenvalue weighted by Crippen LogP contribution is 2.32. The Morgan fingerprint density at radius 1 is 1.19 bits per heavy atom. The highest BCUT2D eigenvalue weighted by Gasteiger charge is 2.12. The minimum absolute atomic E-state index is 0.340. The van der Waals surface area contributed by atoms with Crippen LogP contribution >= 0.6 is 0 Å². The van der Waals surface area contributed by atoms with Crippen molar-refractivity contribution in [3.63, 3.8) is 0 Å². The lowest BCUT2D eigenvalue weighted by Crippen LogP contribution is -2.33. The number of fused-ring (bicyclic) bond motifs is 1. The second-order valence-corrected chi connectivity index (χ2v) is 7.62. The van der Waals surface area contributed by atoms with Crippen molar-refractivity contribution in [2.45, 2.75) is 26.3 Å². The third-order valence-electron chi connectivity index (χ3n) is 4.87. The van der Waals surface area contributed by atoms with Gasteiger partial charge in [-0.1, -0.05) is 6.92 Å². The first-order valence-electron chi connectivity index (χ1n) is 10.7. The summed E-state index contributed by atoms with van der Waals surface area (Å²) in [6, 6.07) is 11.7. The molecule has 0 spiro atoms. The Bertz CT molecular complexity index is 954. The van der Waals surface area contributed by atoms with Crippen molar-refractivity contribution in [2.75, 3.05) is 31.6 Å². The van der Waals surface area contributed by atoms with Gasteiger partial charge in [-0.2, -0.15) is 5.10 Å². The second-order valence-electron chi connectivity index (χ2n) is 7.62. The first-order valence-corrected chi connectivity index (χ1v) is 10.7. The lowest BCUT2D eigenvalue weighted by atomic mass is 10.2. The van der Waals surface area contributed by atoms with E-state index in [1.807, 2.05) is 47.3 Å². The maximum Gasteiger partial charge on any atom is 0.195 e. The van der Waals surface area contributed by atoms with Crippen molar-refractivity contribution in [2.24, 2.45) is 10.9 Å². The van der Waals surface area contributed by atoms with Gasteiger partial charge in [0.05, 0.1) is 19.5 Å². The van der Waals surface area contributed by atoms with Gasteiger partial charge in [0.25, 0.3) is 0 Å². The van der Waals surface area contributed by atoms with Crippen LogP contribution in [-0.4, -0.2) is 42.0 Å². The molecule has 0 radical (unpaired) electrons. The quantitative estimate of drug-likeness (QED) is 0.426. The van der Waals surface area contributed by atoms with Crippen molar-refractivity contribution in [3.05, 3.63) is 60.8 Å². The number of hydrogen-bond donors (Lipinski definition) is 2. The van der Waals surface area contributed by atoms with Crippen LogP contribution in [0.5, 0.6) is 11.5 Å². The van der Waals surface area contributed by atoms with Crippen LogP contribution in [0.1, 0.15) is 19.1 Å². The van der Waals surface area contributed by atoms with Crippen molar-refractivity contribution in [1.82, 2.24) is 15.1 Å². The molecule has 1 aromatic carbocycles. The van der Waals surface area contributed by atoms with Gasteiger partial charge in [0, 0.05) is 56.6 Å². The Labute approximate surface area is 182 Å². The first-order chi connectivity index (χ1) is 15.3. The largest absolute Gasteiger partial charge is 0.490 e. The molecule has 3 heterocycles. The van der Waals surface area contributed by atoms with E-state index in [-0.39, 0.29) is 0 Å². The number of ether oxygens (including phenoxy) is 2. The van der Waals surface area contributed by atoms with Crippen LogP contribution in [0.2, 0.25) is 0 Å². The molecule has 8 nitrogen and oxygen atoms in total. The van der Waals surface area contributed by atoms with E-state index in [1.54, 1.807) is 12.5 Å². The minimum atomic E-state index is 0.340. The van der Waals surface area contributed by atoms with Crippen LogP contribution < -0.4 is 20.1 Å². The molecule has 2 aromatic heterocycles. The van der Waals surface area contributed by atoms with Gasteiger partial charge >= 0.3 is 0 Å². The zero-order valence-corrected chi connectivity index (χ0v) is 17.8. The van der Waals surface area contributed by atoms with Crippen LogP contribution in [0.3, 0.4) is 0 Å². The predicted molar refractivity (Wildman–Crippen MR) is 120 cm³/mol. The summed E-state index contributed by atoms with van der Waals surface area (Å²) in [5.41, 5.74) is 0.897. The molecule has 0 amide bonds. The summed E-state index contributed by atoms with van der Waals surface area (Å²) >= 11 is 0. The lowest BCUT2D eigenvalue weighted by molar-refractivity contribution is 0.297. The molecule has 1 aliphatic heterocycles. The monoisotopic (exact) mass is 423 g/mol. The van der Waals surface area contributed by atoms with E-state index in [4.69, 9.17) is 18.9 Å². The van der Waals surface area contributed by atoms with Gasteiger partial charge in [-0.15, -0.1) is 0 Å². The van der Waals surface area contributed by atoms with E-state index in [1.165, 1.54) is 0 Å². The molecule has 0 aliphatic carbocycles. The van der Waals surface area contributed by atoms with Crippen molar-refractivity contribution >= 4 is 11.6 Å². The fraction of sp³-hybridized carbons (Fsp3) is 0.391. The molecule has 164 valence electrons. The van der Waals surface area contributed by atoms with Crippen LogP contribution in [0.4, 0.5) is 5.69 Å². The van der Waals surface area contributed by atoms with Crippen molar-refractivity contribution in [1.29, 1.82) is 0 Å². The summed E-state index contributed by atoms with van der Waals surface area (Å²) in [7, 11) is 0. The molecule has 4 rings (SSSR count). The predicted octanol–water partition coefficient (Wildman–Crippen LogP) is 3.57. The molecule has 0 saturated carbocycles. The molecule has 1 atom stereocenters. The standard InChI is InChI=1S/C23H29N5O3/c1-18(17-28-11-3-9-26-28)16-25-23(24-10-8-20-5-2-12-29-20)27-19-6-7-21-22(15-19)31-14-4-13-30-21/h2-3,5-7,9,11-12,15,18H,4,8,10,13-14,16-17H2,1H3,(H2,24,25,27). The van der Waals surface area contributed by atoms with Gasteiger partial charge in [0.15, 0.2) is 17.5 Å². The zero-order valence-electron chi connectivity index (χ0n) is 17.8. The van der Waals surface area contributed by atoms with Gasteiger partial charge in [0.1, 0.15) is 5.76 Å². The van der Waals surface area contributed by atoms with Crippen LogP contribution in [0.15, 0.2) is 64.5 Å². The number of nitrogens with zero attached hydrogens (tertiary/aromatic N) is 3. The number of rotatable bonds is 8. The van der Waals surface area contributed by atoms with Crippen LogP contribution in [0, 0.1) is 5.92 Å². The highest BCUT2D eigenvalue weighted by atomic mass is 16.5. The third kappa shape index (κ3) is 6.28. The number of nitrogens with one attached hydrogen (secondary N) is 2. The molecule has 1 unspecified atom stereocenters. The number of aromatic nitrogens is 2. The number of benzene rings is 1. The Kier molecular flexibility index (Phi) is 7.10. The smallest absolute Gasteiger partial charge is 0.195 e. The summed E-state index contributed by atoms with van der Waals surface area (Å²) in [5.74, 6) is 3.53. The Morgan fingerprint density at radius 2 is 2.10 bits per heavy atom. The van der Waals surface area contributed by atoms with Gasteiger partial charge < -0.3 is 24.5 Å². The average molecular weight is 424 g/mol. The van der Waals surface area contributed by atoms with Gasteiger partial charge in [0.2, 0.25) is 0 Å². The summed E-state index contributed by atoms with van der Waals surface area (Å²) in [6.07, 6.45) is 7.11. The van der Waals surface area contributed by atoms with Crippen molar-refractivity contribution < 1.29 is 13.9 Å². The van der Waals surface area contributed by atoms with Gasteiger partial charge in [-0.05, 0) is 36.2 Å². The number of hydrogen-bond acceptors (Lipinski definition) is 5. The molecule has 0 saturated heterocycles. The first kappa shape index (κ1) is 20.8. The van der Waals surface area contributed by atoms with E-state index in [9.17, 15) is 0 Å². The van der Waals surface area contributed by atoms with E-state index >= 15 is 0 Å². The lowest BCUT2D eigenvalue weighted by Gasteiger charge is -2.16. The molecule has 3 aromatic rings. The van der Waals surface area contributed by atoms with Crippen LogP contribution in [-0.2, 0) is 13.0 Å². The summed E-state index contributed by atoms with van der Waals surface area (Å²) in [4.78, 5) is 4.80. The Hall–Kier alpha value is -3.42. The number of aliphatic imine (C=N–C) groups is 1. The summed E-state index contributed by atoms with van der Waals surface area (Å²) < 4.78 is 18.9. The van der Waals surface area contributed by atoms with Gasteiger partial charge in [-0.25, -0.2) is 0 Å². The normalized spacial score (nSPS) is 14.7. The topological polar surface area (TPSA) is 85.8 Å². The van der Waals surface area contributed by atoms with Crippen molar-refractivity contribution in [3.8, 4) is 11.5 Å². The summed E-state index contributed by atoms with van der Waals surface area (Å²) in [6.45, 7) is 5.69. The Balaban J connectivity index is 1.41. The molecule has 8 heteroatoms. The maximum atomic E-state index is 5.81. The fourth-order valence-corrected chi connectivity index (χ4v) is 3.31. The maximum absolute atomic E-state index is 5.81.